The second kappa shape index (κ2) is 5.55. The molecule has 0 aliphatic rings. The van der Waals surface area contributed by atoms with Gasteiger partial charge in [-0.3, -0.25) is 0 Å². The van der Waals surface area contributed by atoms with Crippen molar-refractivity contribution in [2.75, 3.05) is 5.73 Å². The van der Waals surface area contributed by atoms with Crippen LogP contribution in [-0.2, 0) is 6.54 Å². The molecule has 0 unspecified atom stereocenters. The number of rotatable bonds is 4. The molecule has 1 heterocycles. The standard InChI is InChI=1S/C15H20N4O2/c1-15(2,3)8-9-19-13(12(14(20)21)17-18-19)10-4-6-11(16)7-5-10/h4-7H,8-9,16H2,1-3H3,(H,20,21). The Morgan fingerprint density at radius 2 is 1.90 bits per heavy atom. The number of nitrogen functional groups attached to an aromatic ring is 1. The van der Waals surface area contributed by atoms with Gasteiger partial charge in [0.25, 0.3) is 0 Å². The van der Waals surface area contributed by atoms with E-state index in [1.807, 2.05) is 0 Å². The van der Waals surface area contributed by atoms with Crippen LogP contribution in [0.5, 0.6) is 0 Å². The predicted octanol–water partition coefficient (Wildman–Crippen LogP) is 2.66. The number of carbonyl (C=O) groups is 1. The van der Waals surface area contributed by atoms with Crippen molar-refractivity contribution < 1.29 is 9.90 Å². The van der Waals surface area contributed by atoms with Crippen LogP contribution in [0.4, 0.5) is 5.69 Å². The van der Waals surface area contributed by atoms with E-state index < -0.39 is 5.97 Å². The largest absolute Gasteiger partial charge is 0.476 e. The second-order valence-corrected chi connectivity index (χ2v) is 6.25. The van der Waals surface area contributed by atoms with E-state index in [0.29, 0.717) is 17.9 Å². The molecule has 6 heteroatoms. The fraction of sp³-hybridized carbons (Fsp3) is 0.400. The number of hydrogen-bond acceptors (Lipinski definition) is 4. The number of nitrogens with two attached hydrogens (primary N) is 1. The van der Waals surface area contributed by atoms with Gasteiger partial charge < -0.3 is 10.8 Å². The average Bonchev–Trinajstić information content (AvgIpc) is 2.80. The van der Waals surface area contributed by atoms with Crippen molar-refractivity contribution in [3.8, 4) is 11.3 Å². The van der Waals surface area contributed by atoms with Gasteiger partial charge in [0, 0.05) is 17.8 Å². The van der Waals surface area contributed by atoms with Crippen LogP contribution < -0.4 is 5.73 Å². The first-order valence-corrected chi connectivity index (χ1v) is 6.80. The maximum absolute atomic E-state index is 11.3. The normalized spacial score (nSPS) is 11.6. The third-order valence-electron chi connectivity index (χ3n) is 3.20. The SMILES string of the molecule is CC(C)(C)CCn1nnc(C(=O)O)c1-c1ccc(N)cc1. The lowest BCUT2D eigenvalue weighted by atomic mass is 9.92. The van der Waals surface area contributed by atoms with Crippen molar-refractivity contribution in [1.29, 1.82) is 0 Å². The molecular formula is C15H20N4O2. The topological polar surface area (TPSA) is 94.0 Å². The van der Waals surface area contributed by atoms with Crippen molar-refractivity contribution in [3.05, 3.63) is 30.0 Å². The van der Waals surface area contributed by atoms with Crippen LogP contribution in [0.1, 0.15) is 37.7 Å². The maximum atomic E-state index is 11.3. The van der Waals surface area contributed by atoms with Gasteiger partial charge in [0.2, 0.25) is 0 Å². The summed E-state index contributed by atoms with van der Waals surface area (Å²) in [5, 5.41) is 17.1. The van der Waals surface area contributed by atoms with Crippen LogP contribution in [0.15, 0.2) is 24.3 Å². The number of hydrogen-bond donors (Lipinski definition) is 2. The zero-order valence-corrected chi connectivity index (χ0v) is 12.5. The van der Waals surface area contributed by atoms with Gasteiger partial charge in [-0.15, -0.1) is 5.10 Å². The quantitative estimate of drug-likeness (QED) is 0.843. The minimum atomic E-state index is -1.08. The van der Waals surface area contributed by atoms with Crippen molar-refractivity contribution in [2.24, 2.45) is 5.41 Å². The molecule has 0 saturated carbocycles. The number of benzene rings is 1. The molecule has 3 N–H and O–H groups in total. The van der Waals surface area contributed by atoms with Crippen molar-refractivity contribution in [2.45, 2.75) is 33.7 Å². The molecular weight excluding hydrogens is 268 g/mol. The minimum absolute atomic E-state index is 0.0336. The molecule has 0 atom stereocenters. The summed E-state index contributed by atoms with van der Waals surface area (Å²) in [6.45, 7) is 7.00. The van der Waals surface area contributed by atoms with Gasteiger partial charge in [-0.25, -0.2) is 9.48 Å². The van der Waals surface area contributed by atoms with Crippen LogP contribution in [0.3, 0.4) is 0 Å². The molecule has 0 radical (unpaired) electrons. The molecule has 0 aliphatic carbocycles. The van der Waals surface area contributed by atoms with Gasteiger partial charge >= 0.3 is 5.97 Å². The monoisotopic (exact) mass is 288 g/mol. The summed E-state index contributed by atoms with van der Waals surface area (Å²) >= 11 is 0. The van der Waals surface area contributed by atoms with Crippen molar-refractivity contribution >= 4 is 11.7 Å². The summed E-state index contributed by atoms with van der Waals surface area (Å²) in [5.41, 5.74) is 7.68. The summed E-state index contributed by atoms with van der Waals surface area (Å²) < 4.78 is 1.65. The minimum Gasteiger partial charge on any atom is -0.476 e. The second-order valence-electron chi connectivity index (χ2n) is 6.25. The predicted molar refractivity (Wildman–Crippen MR) is 80.9 cm³/mol. The van der Waals surface area contributed by atoms with E-state index in [1.54, 1.807) is 28.9 Å². The Kier molecular flexibility index (Phi) is 3.97. The fourth-order valence-electron chi connectivity index (χ4n) is 1.98. The van der Waals surface area contributed by atoms with Gasteiger partial charge in [0.1, 0.15) is 5.69 Å². The highest BCUT2D eigenvalue weighted by Gasteiger charge is 2.21. The average molecular weight is 288 g/mol. The molecule has 0 bridgehead atoms. The van der Waals surface area contributed by atoms with Crippen LogP contribution in [0.2, 0.25) is 0 Å². The number of aromatic nitrogens is 3. The van der Waals surface area contributed by atoms with E-state index in [9.17, 15) is 9.90 Å². The summed E-state index contributed by atoms with van der Waals surface area (Å²) in [4.78, 5) is 11.3. The maximum Gasteiger partial charge on any atom is 0.358 e. The molecule has 6 nitrogen and oxygen atoms in total. The zero-order valence-electron chi connectivity index (χ0n) is 12.5. The third kappa shape index (κ3) is 3.59. The van der Waals surface area contributed by atoms with E-state index >= 15 is 0 Å². The summed E-state index contributed by atoms with van der Waals surface area (Å²) in [5.74, 6) is -1.08. The Labute approximate surface area is 123 Å². The van der Waals surface area contributed by atoms with Crippen molar-refractivity contribution in [3.63, 3.8) is 0 Å². The number of carboxylic acids is 1. The molecule has 0 amide bonds. The first-order chi connectivity index (χ1) is 9.78. The fourth-order valence-corrected chi connectivity index (χ4v) is 1.98. The van der Waals surface area contributed by atoms with Gasteiger partial charge in [-0.05, 0) is 24.0 Å². The molecule has 2 rings (SSSR count). The van der Waals surface area contributed by atoms with E-state index in [2.05, 4.69) is 31.1 Å². The Hall–Kier alpha value is -2.37. The van der Waals surface area contributed by atoms with Crippen LogP contribution in [0, 0.1) is 5.41 Å². The Morgan fingerprint density at radius 1 is 1.29 bits per heavy atom. The summed E-state index contributed by atoms with van der Waals surface area (Å²) in [6.07, 6.45) is 0.872. The Morgan fingerprint density at radius 3 is 2.43 bits per heavy atom. The van der Waals surface area contributed by atoms with E-state index in [0.717, 1.165) is 12.0 Å². The van der Waals surface area contributed by atoms with Gasteiger partial charge in [-0.1, -0.05) is 38.1 Å². The highest BCUT2D eigenvalue weighted by Crippen LogP contribution is 2.26. The Balaban J connectivity index is 2.42. The Bertz CT molecular complexity index is 639. The molecule has 0 fully saturated rings. The van der Waals surface area contributed by atoms with E-state index in [4.69, 9.17) is 5.73 Å². The summed E-state index contributed by atoms with van der Waals surface area (Å²) in [7, 11) is 0. The third-order valence-corrected chi connectivity index (χ3v) is 3.20. The lowest BCUT2D eigenvalue weighted by Crippen LogP contribution is -2.12. The smallest absolute Gasteiger partial charge is 0.358 e. The number of aromatic carboxylic acids is 1. The number of aryl methyl sites for hydroxylation is 1. The first kappa shape index (κ1) is 15.0. The first-order valence-electron chi connectivity index (χ1n) is 6.80. The van der Waals surface area contributed by atoms with E-state index in [-0.39, 0.29) is 11.1 Å². The molecule has 112 valence electrons. The molecule has 0 spiro atoms. The van der Waals surface area contributed by atoms with Gasteiger partial charge in [0.15, 0.2) is 5.69 Å². The van der Waals surface area contributed by atoms with Crippen LogP contribution in [0.25, 0.3) is 11.3 Å². The van der Waals surface area contributed by atoms with Crippen LogP contribution >= 0.6 is 0 Å². The highest BCUT2D eigenvalue weighted by molar-refractivity contribution is 5.92. The van der Waals surface area contributed by atoms with Gasteiger partial charge in [-0.2, -0.15) is 0 Å². The molecule has 1 aromatic carbocycles. The zero-order chi connectivity index (χ0) is 15.6. The number of anilines is 1. The van der Waals surface area contributed by atoms with Gasteiger partial charge in [0.05, 0.1) is 0 Å². The molecule has 0 saturated heterocycles. The molecule has 2 aromatic rings. The molecule has 0 aliphatic heterocycles. The number of nitrogens with zero attached hydrogens (tertiary/aromatic N) is 3. The molecule has 1 aromatic heterocycles. The highest BCUT2D eigenvalue weighted by atomic mass is 16.4. The van der Waals surface area contributed by atoms with Crippen molar-refractivity contribution in [1.82, 2.24) is 15.0 Å². The van der Waals surface area contributed by atoms with Crippen LogP contribution in [-0.4, -0.2) is 26.1 Å². The molecule has 21 heavy (non-hydrogen) atoms. The van der Waals surface area contributed by atoms with E-state index in [1.165, 1.54) is 0 Å². The lowest BCUT2D eigenvalue weighted by Gasteiger charge is -2.18. The summed E-state index contributed by atoms with van der Waals surface area (Å²) in [6, 6.07) is 7.05. The number of carboxylic acid groups (broad SMARTS) is 1. The lowest BCUT2D eigenvalue weighted by molar-refractivity contribution is 0.0691.